The first-order valence-corrected chi connectivity index (χ1v) is 6.52. The smallest absolute Gasteiger partial charge is 0.259 e. The molecule has 2 aromatic rings. The Morgan fingerprint density at radius 3 is 2.95 bits per heavy atom. The van der Waals surface area contributed by atoms with Crippen LogP contribution in [0, 0.1) is 6.85 Å². The van der Waals surface area contributed by atoms with Gasteiger partial charge in [-0.3, -0.25) is 4.79 Å². The van der Waals surface area contributed by atoms with Crippen molar-refractivity contribution >= 4 is 23.2 Å². The Kier molecular flexibility index (Phi) is 1.75. The maximum Gasteiger partial charge on any atom is 0.259 e. The molecule has 1 amide bonds. The topological polar surface area (TPSA) is 58.1 Å². The van der Waals surface area contributed by atoms with Gasteiger partial charge in [-0.15, -0.1) is 0 Å². The molecule has 5 nitrogen and oxygen atoms in total. The predicted octanol–water partition coefficient (Wildman–Crippen LogP) is 2.65. The molecule has 0 bridgehead atoms. The van der Waals surface area contributed by atoms with Crippen LogP contribution in [0.3, 0.4) is 0 Å². The fraction of sp³-hybridized carbons (Fsp3) is 0.267. The summed E-state index contributed by atoms with van der Waals surface area (Å²) in [6.45, 7) is -2.33. The normalized spacial score (nSPS) is 19.9. The van der Waals surface area contributed by atoms with E-state index in [4.69, 9.17) is 4.11 Å². The van der Waals surface area contributed by atoms with E-state index in [1.807, 2.05) is 4.90 Å². The van der Waals surface area contributed by atoms with E-state index in [1.165, 1.54) is 12.3 Å². The molecular weight excluding hydrogens is 252 g/mol. The van der Waals surface area contributed by atoms with Crippen molar-refractivity contribution in [3.05, 3.63) is 41.7 Å². The SMILES string of the molecule is [2H]C([2H])([2H])c1ccnc2c1NC(=O)c1cccnc1N2C1CC1. The van der Waals surface area contributed by atoms with E-state index >= 15 is 0 Å². The van der Waals surface area contributed by atoms with Gasteiger partial charge in [0, 0.05) is 22.5 Å². The third kappa shape index (κ3) is 1.59. The van der Waals surface area contributed by atoms with E-state index < -0.39 is 6.85 Å². The largest absolute Gasteiger partial charge is 0.318 e. The minimum atomic E-state index is -2.33. The van der Waals surface area contributed by atoms with Crippen LogP contribution in [0.1, 0.15) is 32.9 Å². The monoisotopic (exact) mass is 269 g/mol. The second-order valence-corrected chi connectivity index (χ2v) is 4.99. The molecule has 0 radical (unpaired) electrons. The van der Waals surface area contributed by atoms with Crippen LogP contribution in [0.4, 0.5) is 17.3 Å². The van der Waals surface area contributed by atoms with Gasteiger partial charge in [0.05, 0.1) is 11.3 Å². The molecule has 5 heteroatoms. The molecular formula is C15H14N4O. The zero-order chi connectivity index (χ0) is 16.2. The van der Waals surface area contributed by atoms with Gasteiger partial charge in [-0.05, 0) is 43.5 Å². The molecule has 1 N–H and O–H groups in total. The minimum absolute atomic E-state index is 0.0920. The first kappa shape index (κ1) is 8.68. The molecule has 0 unspecified atom stereocenters. The zero-order valence-corrected chi connectivity index (χ0v) is 10.6. The van der Waals surface area contributed by atoms with E-state index in [9.17, 15) is 4.79 Å². The molecule has 1 fully saturated rings. The van der Waals surface area contributed by atoms with Crippen molar-refractivity contribution in [2.75, 3.05) is 10.2 Å². The average molecular weight is 269 g/mol. The Balaban J connectivity index is 1.99. The summed E-state index contributed by atoms with van der Waals surface area (Å²) in [4.78, 5) is 23.1. The van der Waals surface area contributed by atoms with E-state index in [0.717, 1.165) is 12.8 Å². The number of nitrogens with one attached hydrogen (secondary N) is 1. The number of hydrogen-bond donors (Lipinski definition) is 1. The van der Waals surface area contributed by atoms with E-state index in [-0.39, 0.29) is 23.2 Å². The second kappa shape index (κ2) is 4.03. The van der Waals surface area contributed by atoms with E-state index in [0.29, 0.717) is 17.2 Å². The molecule has 1 aliphatic heterocycles. The van der Waals surface area contributed by atoms with Crippen molar-refractivity contribution in [2.45, 2.75) is 25.7 Å². The van der Waals surface area contributed by atoms with Crippen molar-refractivity contribution in [1.29, 1.82) is 0 Å². The lowest BCUT2D eigenvalue weighted by Gasteiger charge is -2.23. The summed E-state index contributed by atoms with van der Waals surface area (Å²) < 4.78 is 23.2. The molecule has 0 atom stereocenters. The maximum atomic E-state index is 12.5. The summed E-state index contributed by atoms with van der Waals surface area (Å²) in [5.74, 6) is 0.615. The van der Waals surface area contributed by atoms with Crippen LogP contribution >= 0.6 is 0 Å². The molecule has 20 heavy (non-hydrogen) atoms. The summed E-state index contributed by atoms with van der Waals surface area (Å²) >= 11 is 0. The summed E-state index contributed by atoms with van der Waals surface area (Å²) in [7, 11) is 0. The zero-order valence-electron chi connectivity index (χ0n) is 13.6. The Morgan fingerprint density at radius 2 is 2.15 bits per heavy atom. The van der Waals surface area contributed by atoms with Gasteiger partial charge < -0.3 is 10.2 Å². The van der Waals surface area contributed by atoms with Gasteiger partial charge in [-0.2, -0.15) is 0 Å². The number of fused-ring (bicyclic) bond motifs is 2. The summed E-state index contributed by atoms with van der Waals surface area (Å²) in [5, 5.41) is 2.72. The van der Waals surface area contributed by atoms with Crippen LogP contribution in [0.5, 0.6) is 0 Å². The van der Waals surface area contributed by atoms with E-state index in [1.54, 1.807) is 18.3 Å². The Labute approximate surface area is 120 Å². The predicted molar refractivity (Wildman–Crippen MR) is 76.3 cm³/mol. The highest BCUT2D eigenvalue weighted by atomic mass is 16.1. The first-order chi connectivity index (χ1) is 11.0. The van der Waals surface area contributed by atoms with Gasteiger partial charge in [-0.1, -0.05) is 0 Å². The van der Waals surface area contributed by atoms with Crippen molar-refractivity contribution in [1.82, 2.24) is 9.97 Å². The van der Waals surface area contributed by atoms with Crippen LogP contribution in [-0.2, 0) is 0 Å². The Morgan fingerprint density at radius 1 is 1.30 bits per heavy atom. The molecule has 0 aromatic carbocycles. The number of carbonyl (C=O) groups excluding carboxylic acids is 1. The summed E-state index contributed by atoms with van der Waals surface area (Å²) in [6, 6.07) is 5.00. The number of hydrogen-bond acceptors (Lipinski definition) is 4. The fourth-order valence-electron chi connectivity index (χ4n) is 2.48. The lowest BCUT2D eigenvalue weighted by molar-refractivity contribution is 0.102. The van der Waals surface area contributed by atoms with Crippen LogP contribution in [0.15, 0.2) is 30.6 Å². The molecule has 0 spiro atoms. The van der Waals surface area contributed by atoms with Gasteiger partial charge in [-0.25, -0.2) is 9.97 Å². The van der Waals surface area contributed by atoms with Crippen molar-refractivity contribution in [3.8, 4) is 0 Å². The van der Waals surface area contributed by atoms with Crippen LogP contribution in [0.2, 0.25) is 0 Å². The third-order valence-electron chi connectivity index (χ3n) is 3.57. The Bertz CT molecular complexity index is 802. The Hall–Kier alpha value is -2.43. The highest BCUT2D eigenvalue weighted by molar-refractivity contribution is 6.11. The standard InChI is InChI=1S/C15H14N4O/c1-9-6-8-17-14-12(9)18-15(20)11-3-2-7-16-13(11)19(14)10-4-5-10/h2-3,6-8,10H,4-5H2,1H3,(H,18,20)/i1D3. The van der Waals surface area contributed by atoms with Crippen LogP contribution in [-0.4, -0.2) is 21.9 Å². The summed E-state index contributed by atoms with van der Waals surface area (Å²) in [5.41, 5.74) is 0.769. The molecule has 2 aliphatic rings. The molecule has 3 heterocycles. The fourth-order valence-corrected chi connectivity index (χ4v) is 2.48. The third-order valence-corrected chi connectivity index (χ3v) is 3.57. The molecule has 2 aromatic heterocycles. The number of pyridine rings is 2. The highest BCUT2D eigenvalue weighted by Crippen LogP contribution is 2.43. The first-order valence-electron chi connectivity index (χ1n) is 8.02. The van der Waals surface area contributed by atoms with Crippen LogP contribution < -0.4 is 10.2 Å². The number of aromatic nitrogens is 2. The van der Waals surface area contributed by atoms with E-state index in [2.05, 4.69) is 15.3 Å². The number of nitrogens with zero attached hydrogens (tertiary/aromatic N) is 3. The van der Waals surface area contributed by atoms with Gasteiger partial charge >= 0.3 is 0 Å². The molecule has 100 valence electrons. The molecule has 1 aliphatic carbocycles. The molecule has 4 rings (SSSR count). The average Bonchev–Trinajstić information content (AvgIpc) is 3.32. The number of amides is 1. The van der Waals surface area contributed by atoms with Crippen molar-refractivity contribution < 1.29 is 8.91 Å². The molecule has 0 saturated heterocycles. The minimum Gasteiger partial charge on any atom is -0.318 e. The van der Waals surface area contributed by atoms with Crippen molar-refractivity contribution in [3.63, 3.8) is 0 Å². The van der Waals surface area contributed by atoms with Gasteiger partial charge in [0.25, 0.3) is 5.91 Å². The highest BCUT2D eigenvalue weighted by Gasteiger charge is 2.37. The maximum absolute atomic E-state index is 12.5. The quantitative estimate of drug-likeness (QED) is 0.864. The number of rotatable bonds is 1. The van der Waals surface area contributed by atoms with Gasteiger partial charge in [0.1, 0.15) is 5.82 Å². The lowest BCUT2D eigenvalue weighted by Crippen LogP contribution is -2.22. The number of carbonyl (C=O) groups is 1. The van der Waals surface area contributed by atoms with Crippen LogP contribution in [0.25, 0.3) is 0 Å². The number of aryl methyl sites for hydroxylation is 1. The van der Waals surface area contributed by atoms with Crippen molar-refractivity contribution in [2.24, 2.45) is 0 Å². The lowest BCUT2D eigenvalue weighted by atomic mass is 10.2. The second-order valence-electron chi connectivity index (χ2n) is 4.99. The summed E-state index contributed by atoms with van der Waals surface area (Å²) in [6.07, 6.45) is 5.02. The van der Waals surface area contributed by atoms with Gasteiger partial charge in [0.15, 0.2) is 5.82 Å². The van der Waals surface area contributed by atoms with Gasteiger partial charge in [0.2, 0.25) is 0 Å². The molecule has 1 saturated carbocycles. The number of anilines is 3.